The Bertz CT molecular complexity index is 1160. The van der Waals surface area contributed by atoms with E-state index in [-0.39, 0.29) is 5.78 Å². The van der Waals surface area contributed by atoms with Crippen molar-refractivity contribution < 1.29 is 9.53 Å². The van der Waals surface area contributed by atoms with Crippen molar-refractivity contribution in [2.24, 2.45) is 4.99 Å². The van der Waals surface area contributed by atoms with Crippen LogP contribution in [0.3, 0.4) is 0 Å². The Morgan fingerprint density at radius 1 is 1.06 bits per heavy atom. The van der Waals surface area contributed by atoms with Crippen LogP contribution in [-0.4, -0.2) is 61.7 Å². The zero-order valence-corrected chi connectivity index (χ0v) is 20.9. The number of carbonyl (C=O) groups is 1. The number of aromatic nitrogens is 1. The number of anilines is 3. The molecule has 2 saturated heterocycles. The summed E-state index contributed by atoms with van der Waals surface area (Å²) in [6.07, 6.45) is 5.19. The number of hydrogen-bond donors (Lipinski definition) is 1. The normalized spacial score (nSPS) is 16.9. The quantitative estimate of drug-likeness (QED) is 0.332. The molecule has 1 aromatic heterocycles. The zero-order valence-electron chi connectivity index (χ0n) is 20.1. The minimum absolute atomic E-state index is 0.131. The number of piperidine rings is 1. The van der Waals surface area contributed by atoms with Gasteiger partial charge in [0.1, 0.15) is 10.6 Å². The molecule has 0 aliphatic carbocycles. The number of thiazole rings is 1. The summed E-state index contributed by atoms with van der Waals surface area (Å²) in [6, 6.07) is 16.2. The van der Waals surface area contributed by atoms with Crippen LogP contribution in [0.4, 0.5) is 22.3 Å². The number of benzene rings is 2. The smallest absolute Gasteiger partial charge is 0.206 e. The number of rotatable bonds is 8. The third-order valence-electron chi connectivity index (χ3n) is 6.92. The first-order valence-electron chi connectivity index (χ1n) is 12.2. The number of likely N-dealkylation sites (tertiary alicyclic amines) is 1. The number of ether oxygens (including phenoxy) is 1. The van der Waals surface area contributed by atoms with E-state index < -0.39 is 0 Å². The van der Waals surface area contributed by atoms with E-state index in [0.29, 0.717) is 27.1 Å². The summed E-state index contributed by atoms with van der Waals surface area (Å²) in [4.78, 5) is 27.1. The van der Waals surface area contributed by atoms with Gasteiger partial charge in [0.25, 0.3) is 0 Å². The van der Waals surface area contributed by atoms with Crippen molar-refractivity contribution in [1.82, 2.24) is 9.88 Å². The first kappa shape index (κ1) is 23.5. The Kier molecular flexibility index (Phi) is 7.11. The Labute approximate surface area is 210 Å². The van der Waals surface area contributed by atoms with E-state index in [1.165, 1.54) is 55.8 Å². The van der Waals surface area contributed by atoms with E-state index >= 15 is 0 Å². The number of carbonyl (C=O) groups excluding carboxylic acids is 1. The van der Waals surface area contributed by atoms with Gasteiger partial charge in [-0.3, -0.25) is 4.79 Å². The highest BCUT2D eigenvalue weighted by atomic mass is 32.1. The van der Waals surface area contributed by atoms with E-state index in [4.69, 9.17) is 4.74 Å². The molecule has 0 saturated carbocycles. The second kappa shape index (κ2) is 10.6. The third kappa shape index (κ3) is 5.23. The summed E-state index contributed by atoms with van der Waals surface area (Å²) in [6.45, 7) is 8.35. The summed E-state index contributed by atoms with van der Waals surface area (Å²) in [7, 11) is 1.60. The van der Waals surface area contributed by atoms with Crippen molar-refractivity contribution in [2.45, 2.75) is 31.7 Å². The van der Waals surface area contributed by atoms with Crippen molar-refractivity contribution in [3.63, 3.8) is 0 Å². The van der Waals surface area contributed by atoms with E-state index in [1.54, 1.807) is 31.4 Å². The Balaban J connectivity index is 1.23. The summed E-state index contributed by atoms with van der Waals surface area (Å²) >= 11 is 1.28. The van der Waals surface area contributed by atoms with E-state index in [2.05, 4.69) is 56.1 Å². The molecule has 7 nitrogen and oxygen atoms in total. The molecule has 3 aromatic rings. The highest BCUT2D eigenvalue weighted by Crippen LogP contribution is 2.34. The number of nitrogens with one attached hydrogen (secondary N) is 1. The fourth-order valence-corrected chi connectivity index (χ4v) is 5.88. The van der Waals surface area contributed by atoms with Crippen molar-refractivity contribution in [3.8, 4) is 5.75 Å². The Morgan fingerprint density at radius 3 is 2.37 bits per heavy atom. The van der Waals surface area contributed by atoms with Crippen LogP contribution in [0.15, 0.2) is 53.5 Å². The van der Waals surface area contributed by atoms with Crippen LogP contribution in [0.2, 0.25) is 0 Å². The van der Waals surface area contributed by atoms with Gasteiger partial charge in [-0.15, -0.1) is 0 Å². The lowest BCUT2D eigenvalue weighted by Crippen LogP contribution is -2.43. The van der Waals surface area contributed by atoms with E-state index in [9.17, 15) is 4.79 Å². The standard InChI is InChI=1S/C27H31N5O2S/c1-28-26-25(24(33)19-5-11-23(34-2)12-6-19)35-27(30-26)29-20-7-9-21(10-8-20)32-17-13-22(14-18-32)31-15-3-4-16-31/h5-12,22H,1,3-4,13-18H2,2H3,(H,29,30). The van der Waals surface area contributed by atoms with Crippen molar-refractivity contribution in [1.29, 1.82) is 0 Å². The number of aliphatic imine (C=N–C) groups is 1. The van der Waals surface area contributed by atoms with Crippen LogP contribution in [-0.2, 0) is 0 Å². The molecule has 5 rings (SSSR count). The number of nitrogens with zero attached hydrogens (tertiary/aromatic N) is 4. The van der Waals surface area contributed by atoms with Crippen LogP contribution in [0, 0.1) is 0 Å². The molecule has 8 heteroatoms. The highest BCUT2D eigenvalue weighted by molar-refractivity contribution is 7.18. The predicted molar refractivity (Wildman–Crippen MR) is 144 cm³/mol. The van der Waals surface area contributed by atoms with Crippen LogP contribution >= 0.6 is 11.3 Å². The lowest BCUT2D eigenvalue weighted by atomic mass is 10.0. The molecule has 0 unspecified atom stereocenters. The van der Waals surface area contributed by atoms with Gasteiger partial charge in [-0.1, -0.05) is 11.3 Å². The number of ketones is 1. The van der Waals surface area contributed by atoms with E-state index in [0.717, 1.165) is 24.8 Å². The maximum Gasteiger partial charge on any atom is 0.206 e. The van der Waals surface area contributed by atoms with Crippen molar-refractivity contribution >= 4 is 46.2 Å². The average Bonchev–Trinajstić information content (AvgIpc) is 3.59. The molecular weight excluding hydrogens is 458 g/mol. The fourth-order valence-electron chi connectivity index (χ4n) is 4.97. The second-order valence-electron chi connectivity index (χ2n) is 9.02. The summed E-state index contributed by atoms with van der Waals surface area (Å²) in [5.74, 6) is 0.916. The van der Waals surface area contributed by atoms with Crippen LogP contribution in [0.1, 0.15) is 40.9 Å². The van der Waals surface area contributed by atoms with Crippen molar-refractivity contribution in [2.75, 3.05) is 43.5 Å². The maximum atomic E-state index is 13.0. The Morgan fingerprint density at radius 2 is 1.74 bits per heavy atom. The molecule has 2 aliphatic rings. The van der Waals surface area contributed by atoms with Crippen LogP contribution < -0.4 is 15.0 Å². The fraction of sp³-hybridized carbons (Fsp3) is 0.370. The molecule has 2 aromatic carbocycles. The van der Waals surface area contributed by atoms with Crippen LogP contribution in [0.5, 0.6) is 5.75 Å². The first-order chi connectivity index (χ1) is 17.1. The largest absolute Gasteiger partial charge is 0.497 e. The van der Waals surface area contributed by atoms with Gasteiger partial charge in [-0.25, -0.2) is 4.99 Å². The molecule has 0 radical (unpaired) electrons. The summed E-state index contributed by atoms with van der Waals surface area (Å²) in [5.41, 5.74) is 2.73. The molecular formula is C27H31N5O2S. The lowest BCUT2D eigenvalue weighted by Gasteiger charge is -2.37. The van der Waals surface area contributed by atoms with Crippen LogP contribution in [0.25, 0.3) is 0 Å². The van der Waals surface area contributed by atoms with E-state index in [1.807, 2.05) is 0 Å². The second-order valence-corrected chi connectivity index (χ2v) is 10.0. The summed E-state index contributed by atoms with van der Waals surface area (Å²) in [5, 5.41) is 3.93. The predicted octanol–water partition coefficient (Wildman–Crippen LogP) is 5.52. The van der Waals surface area contributed by atoms with Gasteiger partial charge in [0, 0.05) is 36.1 Å². The molecule has 3 heterocycles. The van der Waals surface area contributed by atoms with Gasteiger partial charge in [-0.2, -0.15) is 4.98 Å². The molecule has 0 spiro atoms. The molecule has 0 amide bonds. The van der Waals surface area contributed by atoms with Crippen molar-refractivity contribution in [3.05, 3.63) is 59.0 Å². The van der Waals surface area contributed by atoms with Gasteiger partial charge in [0.15, 0.2) is 10.9 Å². The Hall–Kier alpha value is -3.23. The zero-order chi connectivity index (χ0) is 24.2. The first-order valence-corrected chi connectivity index (χ1v) is 13.0. The van der Waals surface area contributed by atoms with Gasteiger partial charge in [0.05, 0.1) is 7.11 Å². The maximum absolute atomic E-state index is 13.0. The SMILES string of the molecule is C=Nc1nc(Nc2ccc(N3CCC(N4CCCC4)CC3)cc2)sc1C(=O)c1ccc(OC)cc1. The summed E-state index contributed by atoms with van der Waals surface area (Å²) < 4.78 is 5.18. The minimum Gasteiger partial charge on any atom is -0.497 e. The molecule has 0 bridgehead atoms. The average molecular weight is 490 g/mol. The van der Waals surface area contributed by atoms with Gasteiger partial charge < -0.3 is 19.9 Å². The third-order valence-corrected chi connectivity index (χ3v) is 7.88. The van der Waals surface area contributed by atoms with Gasteiger partial charge in [-0.05, 0) is 94.0 Å². The number of methoxy groups -OCH3 is 1. The number of hydrogen-bond acceptors (Lipinski definition) is 8. The molecule has 1 N–H and O–H groups in total. The molecule has 2 fully saturated rings. The van der Waals surface area contributed by atoms with Gasteiger partial charge >= 0.3 is 0 Å². The molecule has 182 valence electrons. The van der Waals surface area contributed by atoms with Gasteiger partial charge in [0.2, 0.25) is 5.78 Å². The molecule has 35 heavy (non-hydrogen) atoms. The highest BCUT2D eigenvalue weighted by Gasteiger charge is 2.26. The molecule has 0 atom stereocenters. The monoisotopic (exact) mass is 489 g/mol. The molecule has 2 aliphatic heterocycles. The lowest BCUT2D eigenvalue weighted by molar-refractivity contribution is 0.104. The minimum atomic E-state index is -0.131. The topological polar surface area (TPSA) is 70.1 Å².